The minimum absolute atomic E-state index is 0.175. The molecule has 2 heterocycles. The Morgan fingerprint density at radius 2 is 1.96 bits per heavy atom. The van der Waals surface area contributed by atoms with Gasteiger partial charge in [0.1, 0.15) is 12.2 Å². The molecular weight excluding hydrogens is 364 g/mol. The highest BCUT2D eigenvalue weighted by Crippen LogP contribution is 2.27. The van der Waals surface area contributed by atoms with Gasteiger partial charge in [-0.2, -0.15) is 0 Å². The van der Waals surface area contributed by atoms with E-state index in [1.54, 1.807) is 18.3 Å². The first-order valence-corrected chi connectivity index (χ1v) is 9.36. The first kappa shape index (κ1) is 18.8. The summed E-state index contributed by atoms with van der Waals surface area (Å²) in [5, 5.41) is 12.7. The molecule has 0 aliphatic heterocycles. The van der Waals surface area contributed by atoms with Crippen LogP contribution in [-0.2, 0) is 17.6 Å². The van der Waals surface area contributed by atoms with Crippen molar-refractivity contribution in [2.75, 3.05) is 6.54 Å². The average molecular weight is 384 g/mol. The molecule has 27 heavy (non-hydrogen) atoms. The second kappa shape index (κ2) is 8.18. The summed E-state index contributed by atoms with van der Waals surface area (Å²) in [7, 11) is 0. The zero-order valence-electron chi connectivity index (χ0n) is 15.1. The van der Waals surface area contributed by atoms with Gasteiger partial charge in [0.2, 0.25) is 0 Å². The topological polar surface area (TPSA) is 92.4 Å². The predicted molar refractivity (Wildman–Crippen MR) is 103 cm³/mol. The van der Waals surface area contributed by atoms with Crippen molar-refractivity contribution in [3.05, 3.63) is 63.4 Å². The first-order chi connectivity index (χ1) is 13.0. The van der Waals surface area contributed by atoms with Crippen LogP contribution >= 0.6 is 11.3 Å². The number of nitrogens with one attached hydrogen (secondary N) is 1. The van der Waals surface area contributed by atoms with Gasteiger partial charge in [0, 0.05) is 29.0 Å². The van der Waals surface area contributed by atoms with Gasteiger partial charge in [-0.05, 0) is 13.8 Å². The van der Waals surface area contributed by atoms with Crippen LogP contribution in [0.1, 0.15) is 31.6 Å². The van der Waals surface area contributed by atoms with E-state index in [0.717, 1.165) is 21.1 Å². The van der Waals surface area contributed by atoms with Crippen molar-refractivity contribution in [3.63, 3.8) is 0 Å². The van der Waals surface area contributed by atoms with Crippen LogP contribution in [0.2, 0.25) is 0 Å². The molecule has 0 unspecified atom stereocenters. The van der Waals surface area contributed by atoms with Crippen LogP contribution in [0.25, 0.3) is 11.3 Å². The van der Waals surface area contributed by atoms with Crippen molar-refractivity contribution in [1.29, 1.82) is 0 Å². The summed E-state index contributed by atoms with van der Waals surface area (Å²) in [6.45, 7) is 4.17. The highest BCUT2D eigenvalue weighted by atomic mass is 32.1. The van der Waals surface area contributed by atoms with E-state index in [4.69, 9.17) is 9.52 Å². The van der Waals surface area contributed by atoms with Gasteiger partial charge in [0.25, 0.3) is 5.91 Å². The van der Waals surface area contributed by atoms with Gasteiger partial charge < -0.3 is 14.8 Å². The highest BCUT2D eigenvalue weighted by Gasteiger charge is 2.20. The van der Waals surface area contributed by atoms with Gasteiger partial charge >= 0.3 is 5.97 Å². The second-order valence-electron chi connectivity index (χ2n) is 6.17. The number of carboxylic acids is 1. The third-order valence-corrected chi connectivity index (χ3v) is 5.13. The lowest BCUT2D eigenvalue weighted by molar-refractivity contribution is -0.136. The van der Waals surface area contributed by atoms with Gasteiger partial charge in [0.15, 0.2) is 0 Å². The van der Waals surface area contributed by atoms with E-state index in [0.29, 0.717) is 24.1 Å². The zero-order valence-corrected chi connectivity index (χ0v) is 15.9. The fourth-order valence-electron chi connectivity index (χ4n) is 2.86. The molecule has 0 fully saturated rings. The minimum atomic E-state index is -1.04. The highest BCUT2D eigenvalue weighted by molar-refractivity contribution is 7.12. The van der Waals surface area contributed by atoms with E-state index < -0.39 is 5.97 Å². The quantitative estimate of drug-likeness (QED) is 0.649. The number of nitrogens with zero attached hydrogens (tertiary/aromatic N) is 1. The molecule has 0 radical (unpaired) electrons. The number of rotatable bonds is 7. The number of carboxylic acid groups (broad SMARTS) is 1. The third-order valence-electron chi connectivity index (χ3n) is 4.10. The molecule has 7 heteroatoms. The minimum Gasteiger partial charge on any atom is -0.481 e. The normalized spacial score (nSPS) is 10.7. The van der Waals surface area contributed by atoms with Crippen molar-refractivity contribution < 1.29 is 19.1 Å². The number of thiazole rings is 1. The molecule has 2 aromatic heterocycles. The second-order valence-corrected chi connectivity index (χ2v) is 7.46. The standard InChI is InChI=1S/C20H20N2O4S/c1-12-11-26-15(10-17(23)24)18(12)20(25)21-9-8-16-22-19(13(2)27-16)14-6-4-3-5-7-14/h3-7,11H,8-10H2,1-2H3,(H,21,25)(H,23,24). The number of carbonyl (C=O) groups excluding carboxylic acids is 1. The largest absolute Gasteiger partial charge is 0.481 e. The Labute approximate surface area is 160 Å². The molecule has 6 nitrogen and oxygen atoms in total. The Kier molecular flexibility index (Phi) is 5.71. The number of hydrogen-bond acceptors (Lipinski definition) is 5. The number of carbonyl (C=O) groups is 2. The van der Waals surface area contributed by atoms with Crippen LogP contribution in [0.15, 0.2) is 41.0 Å². The summed E-state index contributed by atoms with van der Waals surface area (Å²) in [5.74, 6) is -1.19. The number of aromatic nitrogens is 1. The molecule has 0 aliphatic carbocycles. The zero-order chi connectivity index (χ0) is 19.4. The Morgan fingerprint density at radius 1 is 1.22 bits per heavy atom. The summed E-state index contributed by atoms with van der Waals surface area (Å²) >= 11 is 1.61. The summed E-state index contributed by atoms with van der Waals surface area (Å²) in [6, 6.07) is 9.99. The molecule has 0 bridgehead atoms. The monoisotopic (exact) mass is 384 g/mol. The molecule has 1 aromatic carbocycles. The van der Waals surface area contributed by atoms with Crippen molar-refractivity contribution in [2.24, 2.45) is 0 Å². The first-order valence-electron chi connectivity index (χ1n) is 8.54. The van der Waals surface area contributed by atoms with Gasteiger partial charge in [-0.1, -0.05) is 30.3 Å². The maximum atomic E-state index is 12.4. The van der Waals surface area contributed by atoms with E-state index in [9.17, 15) is 9.59 Å². The smallest absolute Gasteiger partial charge is 0.311 e. The molecule has 0 atom stereocenters. The average Bonchev–Trinajstić information content (AvgIpc) is 3.17. The van der Waals surface area contributed by atoms with Crippen LogP contribution in [-0.4, -0.2) is 28.5 Å². The lowest BCUT2D eigenvalue weighted by atomic mass is 10.1. The van der Waals surface area contributed by atoms with Crippen LogP contribution in [0, 0.1) is 13.8 Å². The molecule has 0 saturated heterocycles. The van der Waals surface area contributed by atoms with Crippen LogP contribution in [0.3, 0.4) is 0 Å². The van der Waals surface area contributed by atoms with E-state index in [1.165, 1.54) is 6.26 Å². The number of hydrogen-bond donors (Lipinski definition) is 2. The molecule has 3 rings (SSSR count). The Balaban J connectivity index is 1.63. The third kappa shape index (κ3) is 4.43. The molecule has 0 spiro atoms. The van der Waals surface area contributed by atoms with Gasteiger partial charge in [0.05, 0.1) is 22.5 Å². The van der Waals surface area contributed by atoms with Crippen molar-refractivity contribution in [3.8, 4) is 11.3 Å². The summed E-state index contributed by atoms with van der Waals surface area (Å²) < 4.78 is 5.21. The molecule has 0 saturated carbocycles. The van der Waals surface area contributed by atoms with Crippen LogP contribution in [0.5, 0.6) is 0 Å². The number of benzene rings is 1. The Morgan fingerprint density at radius 3 is 2.67 bits per heavy atom. The number of furan rings is 1. The fourth-order valence-corrected chi connectivity index (χ4v) is 3.82. The number of amides is 1. The lowest BCUT2D eigenvalue weighted by Crippen LogP contribution is -2.27. The van der Waals surface area contributed by atoms with Crippen molar-refractivity contribution in [1.82, 2.24) is 10.3 Å². The fraction of sp³-hybridized carbons (Fsp3) is 0.250. The summed E-state index contributed by atoms with van der Waals surface area (Å²) in [5.41, 5.74) is 2.98. The van der Waals surface area contributed by atoms with E-state index in [2.05, 4.69) is 10.3 Å². The Bertz CT molecular complexity index is 960. The molecule has 0 aliphatic rings. The van der Waals surface area contributed by atoms with Crippen molar-refractivity contribution in [2.45, 2.75) is 26.7 Å². The Hall–Kier alpha value is -2.93. The predicted octanol–water partition coefficient (Wildman–Crippen LogP) is 3.62. The van der Waals surface area contributed by atoms with Gasteiger partial charge in [-0.25, -0.2) is 4.98 Å². The van der Waals surface area contributed by atoms with Crippen molar-refractivity contribution >= 4 is 23.2 Å². The summed E-state index contributed by atoms with van der Waals surface area (Å²) in [6.07, 6.45) is 1.70. The van der Waals surface area contributed by atoms with Crippen LogP contribution < -0.4 is 5.32 Å². The van der Waals surface area contributed by atoms with E-state index in [-0.39, 0.29) is 18.1 Å². The van der Waals surface area contributed by atoms with Gasteiger partial charge in [-0.3, -0.25) is 9.59 Å². The number of aliphatic carboxylic acids is 1. The maximum Gasteiger partial charge on any atom is 0.311 e. The van der Waals surface area contributed by atoms with Gasteiger partial charge in [-0.15, -0.1) is 11.3 Å². The molecule has 1 amide bonds. The maximum absolute atomic E-state index is 12.4. The molecule has 140 valence electrons. The SMILES string of the molecule is Cc1coc(CC(=O)O)c1C(=O)NCCc1nc(-c2ccccc2)c(C)s1. The molecule has 3 aromatic rings. The van der Waals surface area contributed by atoms with E-state index in [1.807, 2.05) is 37.3 Å². The van der Waals surface area contributed by atoms with E-state index >= 15 is 0 Å². The molecular formula is C20H20N2O4S. The summed E-state index contributed by atoms with van der Waals surface area (Å²) in [4.78, 5) is 29.2. The number of aryl methyl sites for hydroxylation is 2. The lowest BCUT2D eigenvalue weighted by Gasteiger charge is -2.05. The molecule has 2 N–H and O–H groups in total. The van der Waals surface area contributed by atoms with Crippen LogP contribution in [0.4, 0.5) is 0 Å².